The van der Waals surface area contributed by atoms with Crippen molar-refractivity contribution < 1.29 is 13.2 Å². The minimum absolute atomic E-state index is 0. The van der Waals surface area contributed by atoms with Crippen LogP contribution in [0.15, 0.2) is 41.9 Å². The van der Waals surface area contributed by atoms with Gasteiger partial charge >= 0.3 is 6.18 Å². The zero-order chi connectivity index (χ0) is 20.0. The van der Waals surface area contributed by atoms with Crippen molar-refractivity contribution in [3.8, 4) is 0 Å². The van der Waals surface area contributed by atoms with E-state index in [-0.39, 0.29) is 24.0 Å². The highest BCUT2D eigenvalue weighted by Gasteiger charge is 2.29. The second-order valence-electron chi connectivity index (χ2n) is 6.08. The number of nitrogens with one attached hydrogen (secondary N) is 1. The van der Waals surface area contributed by atoms with Gasteiger partial charge < -0.3 is 14.8 Å². The topological polar surface area (TPSA) is 58.3 Å². The van der Waals surface area contributed by atoms with Crippen LogP contribution in [0.4, 0.5) is 13.2 Å². The Morgan fingerprint density at radius 2 is 1.93 bits per heavy atom. The zero-order valence-corrected chi connectivity index (χ0v) is 18.3. The molecule has 6 nitrogen and oxygen atoms in total. The SMILES string of the molecule is C=CCNC(=NCc1nnc(C)n1C)N(C)Cc1ccc(C(F)(F)F)cc1.I. The van der Waals surface area contributed by atoms with E-state index in [4.69, 9.17) is 0 Å². The van der Waals surface area contributed by atoms with E-state index in [1.54, 1.807) is 6.08 Å². The number of aliphatic imine (C=N–C) groups is 1. The van der Waals surface area contributed by atoms with Crippen molar-refractivity contribution in [2.75, 3.05) is 13.6 Å². The van der Waals surface area contributed by atoms with Gasteiger partial charge in [0, 0.05) is 27.2 Å². The summed E-state index contributed by atoms with van der Waals surface area (Å²) in [4.78, 5) is 6.37. The van der Waals surface area contributed by atoms with Crippen LogP contribution >= 0.6 is 24.0 Å². The molecule has 0 bridgehead atoms. The van der Waals surface area contributed by atoms with Gasteiger partial charge in [-0.15, -0.1) is 40.8 Å². The molecule has 1 aromatic heterocycles. The van der Waals surface area contributed by atoms with Crippen molar-refractivity contribution in [2.45, 2.75) is 26.2 Å². The van der Waals surface area contributed by atoms with Gasteiger partial charge in [0.25, 0.3) is 0 Å². The van der Waals surface area contributed by atoms with Crippen LogP contribution in [0, 0.1) is 6.92 Å². The van der Waals surface area contributed by atoms with Gasteiger partial charge in [0.05, 0.1) is 5.56 Å². The number of rotatable bonds is 6. The standard InChI is InChI=1S/C18H23F3N6.HI/c1-5-10-22-17(23-11-16-25-24-13(2)27(16)4)26(3)12-14-6-8-15(9-7-14)18(19,20)21;/h5-9H,1,10-12H2,2-4H3,(H,22,23);1H. The molecule has 0 atom stereocenters. The molecule has 1 heterocycles. The fraction of sp³-hybridized carbons (Fsp3) is 0.389. The molecule has 1 N–H and O–H groups in total. The van der Waals surface area contributed by atoms with Gasteiger partial charge in [-0.25, -0.2) is 4.99 Å². The zero-order valence-electron chi connectivity index (χ0n) is 16.0. The third-order valence-corrected chi connectivity index (χ3v) is 4.02. The summed E-state index contributed by atoms with van der Waals surface area (Å²) in [6, 6.07) is 5.10. The molecule has 0 fully saturated rings. The molecular formula is C18H24F3IN6. The lowest BCUT2D eigenvalue weighted by Gasteiger charge is -2.22. The molecule has 0 unspecified atom stereocenters. The first-order valence-corrected chi connectivity index (χ1v) is 8.33. The number of aromatic nitrogens is 3. The van der Waals surface area contributed by atoms with Gasteiger partial charge in [0.2, 0.25) is 0 Å². The second-order valence-corrected chi connectivity index (χ2v) is 6.08. The van der Waals surface area contributed by atoms with Crippen LogP contribution in [0.3, 0.4) is 0 Å². The van der Waals surface area contributed by atoms with E-state index in [9.17, 15) is 13.2 Å². The highest BCUT2D eigenvalue weighted by Crippen LogP contribution is 2.29. The summed E-state index contributed by atoms with van der Waals surface area (Å²) in [5.41, 5.74) is 0.0818. The molecule has 0 radical (unpaired) electrons. The van der Waals surface area contributed by atoms with Crippen molar-refractivity contribution in [3.05, 3.63) is 59.7 Å². The molecule has 2 aromatic rings. The molecule has 0 amide bonds. The van der Waals surface area contributed by atoms with Crippen molar-refractivity contribution in [1.82, 2.24) is 25.0 Å². The minimum Gasteiger partial charge on any atom is -0.353 e. The fourth-order valence-corrected chi connectivity index (χ4v) is 2.36. The van der Waals surface area contributed by atoms with Gasteiger partial charge in [0.1, 0.15) is 12.4 Å². The summed E-state index contributed by atoms with van der Waals surface area (Å²) in [5, 5.41) is 11.2. The van der Waals surface area contributed by atoms with Crippen LogP contribution in [0.25, 0.3) is 0 Å². The molecule has 1 aromatic carbocycles. The summed E-state index contributed by atoms with van der Waals surface area (Å²) in [6.45, 7) is 6.77. The number of alkyl halides is 3. The average molecular weight is 508 g/mol. The maximum Gasteiger partial charge on any atom is 0.416 e. The Kier molecular flexibility index (Phi) is 8.92. The predicted molar refractivity (Wildman–Crippen MR) is 113 cm³/mol. The molecule has 0 aliphatic carbocycles. The van der Waals surface area contributed by atoms with Crippen LogP contribution in [-0.4, -0.2) is 39.2 Å². The molecule has 0 saturated carbocycles. The van der Waals surface area contributed by atoms with E-state index in [0.717, 1.165) is 23.5 Å². The highest BCUT2D eigenvalue weighted by atomic mass is 127. The summed E-state index contributed by atoms with van der Waals surface area (Å²) in [7, 11) is 3.68. The van der Waals surface area contributed by atoms with Crippen molar-refractivity contribution >= 4 is 29.9 Å². The van der Waals surface area contributed by atoms with E-state index in [1.165, 1.54) is 12.1 Å². The Bertz CT molecular complexity index is 799. The lowest BCUT2D eigenvalue weighted by atomic mass is 10.1. The largest absolute Gasteiger partial charge is 0.416 e. The summed E-state index contributed by atoms with van der Waals surface area (Å²) < 4.78 is 39.9. The Labute approximate surface area is 179 Å². The van der Waals surface area contributed by atoms with Gasteiger partial charge in [0.15, 0.2) is 11.8 Å². The van der Waals surface area contributed by atoms with Crippen LogP contribution in [0.5, 0.6) is 0 Å². The maximum absolute atomic E-state index is 12.7. The Morgan fingerprint density at radius 3 is 2.43 bits per heavy atom. The Balaban J connectivity index is 0.00000392. The monoisotopic (exact) mass is 508 g/mol. The number of hydrogen-bond donors (Lipinski definition) is 1. The van der Waals surface area contributed by atoms with Gasteiger partial charge in [-0.05, 0) is 24.6 Å². The third-order valence-electron chi connectivity index (χ3n) is 4.02. The highest BCUT2D eigenvalue weighted by molar-refractivity contribution is 14.0. The normalized spacial score (nSPS) is 11.7. The molecule has 2 rings (SSSR count). The molecule has 0 spiro atoms. The number of nitrogens with zero attached hydrogens (tertiary/aromatic N) is 5. The Hall–Kier alpha value is -2.11. The first kappa shape index (κ1) is 23.9. The first-order chi connectivity index (χ1) is 12.7. The molecular weight excluding hydrogens is 484 g/mol. The average Bonchev–Trinajstić information content (AvgIpc) is 2.93. The van der Waals surface area contributed by atoms with Gasteiger partial charge in [-0.2, -0.15) is 13.2 Å². The lowest BCUT2D eigenvalue weighted by Crippen LogP contribution is -2.38. The summed E-state index contributed by atoms with van der Waals surface area (Å²) in [5.74, 6) is 2.10. The quantitative estimate of drug-likeness (QED) is 0.281. The Morgan fingerprint density at radius 1 is 1.29 bits per heavy atom. The van der Waals surface area contributed by atoms with Gasteiger partial charge in [-0.1, -0.05) is 18.2 Å². The molecule has 0 aliphatic heterocycles. The van der Waals surface area contributed by atoms with Crippen molar-refractivity contribution in [1.29, 1.82) is 0 Å². The van der Waals surface area contributed by atoms with E-state index in [1.807, 2.05) is 30.5 Å². The predicted octanol–water partition coefficient (Wildman–Crippen LogP) is 3.52. The number of halogens is 4. The van der Waals surface area contributed by atoms with E-state index in [2.05, 4.69) is 27.1 Å². The summed E-state index contributed by atoms with van der Waals surface area (Å²) in [6.07, 6.45) is -2.63. The molecule has 10 heteroatoms. The van der Waals surface area contributed by atoms with Crippen molar-refractivity contribution in [2.24, 2.45) is 12.0 Å². The summed E-state index contributed by atoms with van der Waals surface area (Å²) >= 11 is 0. The van der Waals surface area contributed by atoms with Crippen molar-refractivity contribution in [3.63, 3.8) is 0 Å². The van der Waals surface area contributed by atoms with Crippen LogP contribution < -0.4 is 5.32 Å². The van der Waals surface area contributed by atoms with E-state index in [0.29, 0.717) is 31.4 Å². The van der Waals surface area contributed by atoms with Crippen LogP contribution in [0.2, 0.25) is 0 Å². The number of aryl methyl sites for hydroxylation is 1. The van der Waals surface area contributed by atoms with E-state index >= 15 is 0 Å². The molecule has 0 saturated heterocycles. The minimum atomic E-state index is -4.34. The molecule has 28 heavy (non-hydrogen) atoms. The lowest BCUT2D eigenvalue weighted by molar-refractivity contribution is -0.137. The smallest absolute Gasteiger partial charge is 0.353 e. The maximum atomic E-state index is 12.7. The number of benzene rings is 1. The first-order valence-electron chi connectivity index (χ1n) is 8.33. The second kappa shape index (κ2) is 10.4. The van der Waals surface area contributed by atoms with Gasteiger partial charge in [-0.3, -0.25) is 0 Å². The number of hydrogen-bond acceptors (Lipinski definition) is 3. The molecule has 154 valence electrons. The fourth-order valence-electron chi connectivity index (χ4n) is 2.36. The third kappa shape index (κ3) is 6.50. The van der Waals surface area contributed by atoms with E-state index < -0.39 is 11.7 Å². The van der Waals surface area contributed by atoms with Crippen LogP contribution in [-0.2, 0) is 26.3 Å². The number of guanidine groups is 1. The van der Waals surface area contributed by atoms with Crippen LogP contribution in [0.1, 0.15) is 22.8 Å². The molecule has 0 aliphatic rings.